The topological polar surface area (TPSA) is 86.9 Å². The Morgan fingerprint density at radius 2 is 2.06 bits per heavy atom. The number of fused-ring (bicyclic) bond motifs is 3. The molecule has 1 atom stereocenters. The number of aromatic nitrogens is 5. The van der Waals surface area contributed by atoms with Gasteiger partial charge in [0.05, 0.1) is 12.7 Å². The van der Waals surface area contributed by atoms with Crippen LogP contribution in [0.1, 0.15) is 58.6 Å². The molecule has 1 aromatic carbocycles. The van der Waals surface area contributed by atoms with Crippen LogP contribution >= 0.6 is 0 Å². The van der Waals surface area contributed by atoms with Crippen LogP contribution in [0.4, 0.5) is 0 Å². The van der Waals surface area contributed by atoms with Crippen LogP contribution in [0.3, 0.4) is 0 Å². The maximum Gasteiger partial charge on any atom is 0.254 e. The number of aryl methyl sites for hydroxylation is 4. The molecule has 0 saturated carbocycles. The van der Waals surface area contributed by atoms with E-state index >= 15 is 0 Å². The molecule has 33 heavy (non-hydrogen) atoms. The van der Waals surface area contributed by atoms with Crippen LogP contribution in [-0.2, 0) is 20.0 Å². The Morgan fingerprint density at radius 1 is 1.18 bits per heavy atom. The number of nitrogens with one attached hydrogen (secondary N) is 1. The molecule has 4 aromatic rings. The van der Waals surface area contributed by atoms with Gasteiger partial charge in [0.1, 0.15) is 29.0 Å². The van der Waals surface area contributed by atoms with Crippen LogP contribution in [-0.4, -0.2) is 37.1 Å². The van der Waals surface area contributed by atoms with Crippen molar-refractivity contribution < 1.29 is 9.53 Å². The predicted octanol–water partition coefficient (Wildman–Crippen LogP) is 3.73. The number of hydrogen-bond donors (Lipinski definition) is 1. The Balaban J connectivity index is 1.57. The van der Waals surface area contributed by atoms with Crippen LogP contribution in [0.15, 0.2) is 42.7 Å². The first-order chi connectivity index (χ1) is 16.0. The zero-order chi connectivity index (χ0) is 22.9. The molecule has 1 aliphatic rings. The minimum atomic E-state index is -0.448. The van der Waals surface area contributed by atoms with Crippen molar-refractivity contribution in [2.45, 2.75) is 45.2 Å². The zero-order valence-corrected chi connectivity index (χ0v) is 19.2. The van der Waals surface area contributed by atoms with Crippen LogP contribution in [0.25, 0.3) is 11.2 Å². The van der Waals surface area contributed by atoms with Crippen molar-refractivity contribution in [1.82, 2.24) is 29.4 Å². The van der Waals surface area contributed by atoms with E-state index in [1.807, 2.05) is 55.1 Å². The van der Waals surface area contributed by atoms with Gasteiger partial charge < -0.3 is 19.2 Å². The molecule has 4 heterocycles. The van der Waals surface area contributed by atoms with Crippen molar-refractivity contribution in [3.8, 4) is 5.75 Å². The fourth-order valence-corrected chi connectivity index (χ4v) is 4.57. The molecular formula is C25H28N6O2. The molecule has 8 nitrogen and oxygen atoms in total. The Hall–Kier alpha value is -3.68. The van der Waals surface area contributed by atoms with Gasteiger partial charge in [-0.1, -0.05) is 18.6 Å². The van der Waals surface area contributed by atoms with Gasteiger partial charge in [-0.15, -0.1) is 0 Å². The number of carbonyl (C=O) groups is 1. The highest BCUT2D eigenvalue weighted by atomic mass is 16.5. The van der Waals surface area contributed by atoms with E-state index in [4.69, 9.17) is 14.7 Å². The fourth-order valence-electron chi connectivity index (χ4n) is 4.57. The predicted molar refractivity (Wildman–Crippen MR) is 125 cm³/mol. The summed E-state index contributed by atoms with van der Waals surface area (Å²) in [6, 6.07) is 9.06. The fraction of sp³-hybridized carbons (Fsp3) is 0.360. The molecule has 0 radical (unpaired) electrons. The second-order valence-electron chi connectivity index (χ2n) is 8.55. The van der Waals surface area contributed by atoms with E-state index in [2.05, 4.69) is 14.9 Å². The second-order valence-corrected chi connectivity index (χ2v) is 8.55. The Bertz CT molecular complexity index is 1320. The van der Waals surface area contributed by atoms with Crippen LogP contribution < -0.4 is 10.1 Å². The molecular weight excluding hydrogens is 416 g/mol. The van der Waals surface area contributed by atoms with Gasteiger partial charge >= 0.3 is 0 Å². The van der Waals surface area contributed by atoms with E-state index in [9.17, 15) is 4.79 Å². The first-order valence-electron chi connectivity index (χ1n) is 11.3. The lowest BCUT2D eigenvalue weighted by molar-refractivity contribution is 0.0942. The molecule has 1 amide bonds. The number of carbonyl (C=O) groups excluding carboxylic acids is 1. The summed E-state index contributed by atoms with van der Waals surface area (Å²) in [5.74, 6) is 2.28. The summed E-state index contributed by atoms with van der Waals surface area (Å²) in [6.07, 6.45) is 7.92. The summed E-state index contributed by atoms with van der Waals surface area (Å²) in [7, 11) is 3.55. The normalized spacial score (nSPS) is 14.5. The summed E-state index contributed by atoms with van der Waals surface area (Å²) in [5.41, 5.74) is 3.69. The maximum atomic E-state index is 13.7. The van der Waals surface area contributed by atoms with Gasteiger partial charge in [0, 0.05) is 38.1 Å². The summed E-state index contributed by atoms with van der Waals surface area (Å²) in [4.78, 5) is 27.8. The Kier molecular flexibility index (Phi) is 5.58. The minimum absolute atomic E-state index is 0.199. The van der Waals surface area contributed by atoms with E-state index in [0.29, 0.717) is 11.1 Å². The molecule has 0 fully saturated rings. The molecule has 0 spiro atoms. The smallest absolute Gasteiger partial charge is 0.254 e. The third-order valence-corrected chi connectivity index (χ3v) is 6.26. The highest BCUT2D eigenvalue weighted by molar-refractivity contribution is 6.04. The number of pyridine rings is 1. The molecule has 5 rings (SSSR count). The van der Waals surface area contributed by atoms with Crippen LogP contribution in [0.2, 0.25) is 0 Å². The molecule has 170 valence electrons. The number of imidazole rings is 2. The van der Waals surface area contributed by atoms with Gasteiger partial charge in [-0.2, -0.15) is 0 Å². The number of nitrogens with zero attached hydrogens (tertiary/aromatic N) is 5. The Morgan fingerprint density at radius 3 is 2.85 bits per heavy atom. The molecule has 3 aromatic heterocycles. The highest BCUT2D eigenvalue weighted by Crippen LogP contribution is 2.27. The van der Waals surface area contributed by atoms with E-state index in [1.165, 1.54) is 6.42 Å². The summed E-state index contributed by atoms with van der Waals surface area (Å²) in [6.45, 7) is 2.81. The lowest BCUT2D eigenvalue weighted by Gasteiger charge is -2.20. The molecule has 1 N–H and O–H groups in total. The first-order valence-corrected chi connectivity index (χ1v) is 11.3. The van der Waals surface area contributed by atoms with Gasteiger partial charge in [-0.25, -0.2) is 15.0 Å². The minimum Gasteiger partial charge on any atom is -0.497 e. The second kappa shape index (κ2) is 8.69. The standard InChI is InChI=1S/C25H28N6O2/c1-16-14-19(22-24(27-16)31-12-6-4-5-10-20(31)28-22)25(32)29-21(23-26-11-13-30(23)2)17-8-7-9-18(15-17)33-3/h7-9,11,13-15,21H,4-6,10,12H2,1-3H3,(H,29,32). The average molecular weight is 445 g/mol. The van der Waals surface area contributed by atoms with Gasteiger partial charge in [0.15, 0.2) is 5.65 Å². The third kappa shape index (κ3) is 3.97. The van der Waals surface area contributed by atoms with Gasteiger partial charge in [-0.3, -0.25) is 4.79 Å². The Labute approximate surface area is 192 Å². The molecule has 0 aliphatic carbocycles. The quantitative estimate of drug-likeness (QED) is 0.507. The van der Waals surface area contributed by atoms with Crippen molar-refractivity contribution in [3.63, 3.8) is 0 Å². The van der Waals surface area contributed by atoms with Crippen molar-refractivity contribution in [3.05, 3.63) is 71.2 Å². The summed E-state index contributed by atoms with van der Waals surface area (Å²) >= 11 is 0. The molecule has 8 heteroatoms. The number of benzene rings is 1. The van der Waals surface area contributed by atoms with E-state index < -0.39 is 6.04 Å². The monoisotopic (exact) mass is 444 g/mol. The highest BCUT2D eigenvalue weighted by Gasteiger charge is 2.25. The molecule has 0 bridgehead atoms. The largest absolute Gasteiger partial charge is 0.497 e. The zero-order valence-electron chi connectivity index (χ0n) is 19.2. The van der Waals surface area contributed by atoms with Crippen molar-refractivity contribution >= 4 is 17.1 Å². The van der Waals surface area contributed by atoms with E-state index in [-0.39, 0.29) is 5.91 Å². The third-order valence-electron chi connectivity index (χ3n) is 6.26. The van der Waals surface area contributed by atoms with Gasteiger partial charge in [0.2, 0.25) is 0 Å². The van der Waals surface area contributed by atoms with E-state index in [1.54, 1.807) is 13.3 Å². The number of hydrogen-bond acceptors (Lipinski definition) is 5. The molecule has 0 saturated heterocycles. The lowest BCUT2D eigenvalue weighted by atomic mass is 10.0. The van der Waals surface area contributed by atoms with E-state index in [0.717, 1.165) is 60.1 Å². The summed E-state index contributed by atoms with van der Waals surface area (Å²) in [5, 5.41) is 3.20. The van der Waals surface area contributed by atoms with Crippen LogP contribution in [0.5, 0.6) is 5.75 Å². The molecule has 1 aliphatic heterocycles. The number of rotatable bonds is 5. The number of amides is 1. The average Bonchev–Trinajstić information content (AvgIpc) is 3.31. The first kappa shape index (κ1) is 21.2. The van der Waals surface area contributed by atoms with Gasteiger partial charge in [0.25, 0.3) is 5.91 Å². The lowest BCUT2D eigenvalue weighted by Crippen LogP contribution is -2.31. The van der Waals surface area contributed by atoms with Crippen molar-refractivity contribution in [1.29, 1.82) is 0 Å². The van der Waals surface area contributed by atoms with Gasteiger partial charge in [-0.05, 0) is 43.5 Å². The SMILES string of the molecule is COc1cccc(C(NC(=O)c2cc(C)nc3c2nc2n3CCCCC2)c2nccn2C)c1. The van der Waals surface area contributed by atoms with Crippen molar-refractivity contribution in [2.75, 3.05) is 7.11 Å². The maximum absolute atomic E-state index is 13.7. The number of methoxy groups -OCH3 is 1. The molecule has 1 unspecified atom stereocenters. The number of ether oxygens (including phenoxy) is 1. The van der Waals surface area contributed by atoms with Crippen LogP contribution in [0, 0.1) is 6.92 Å². The van der Waals surface area contributed by atoms with Crippen molar-refractivity contribution in [2.24, 2.45) is 7.05 Å². The summed E-state index contributed by atoms with van der Waals surface area (Å²) < 4.78 is 9.51.